The highest BCUT2D eigenvalue weighted by Gasteiger charge is 2.14. The number of aryl methyl sites for hydroxylation is 1. The highest BCUT2D eigenvalue weighted by Crippen LogP contribution is 2.26. The van der Waals surface area contributed by atoms with E-state index in [1.807, 2.05) is 54.2 Å². The molecule has 0 saturated carbocycles. The Labute approximate surface area is 191 Å². The van der Waals surface area contributed by atoms with Gasteiger partial charge in [-0.05, 0) is 48.7 Å². The highest BCUT2D eigenvalue weighted by molar-refractivity contribution is 5.76. The van der Waals surface area contributed by atoms with E-state index in [9.17, 15) is 4.39 Å². The lowest BCUT2D eigenvalue weighted by atomic mass is 10.0. The summed E-state index contributed by atoms with van der Waals surface area (Å²) in [6.07, 6.45) is 5.39. The second-order valence-electron chi connectivity index (χ2n) is 8.35. The van der Waals surface area contributed by atoms with Crippen LogP contribution in [-0.4, -0.2) is 34.5 Å². The molecular formula is C25H24FN7. The van der Waals surface area contributed by atoms with Gasteiger partial charge < -0.3 is 0 Å². The molecule has 166 valence electrons. The quantitative estimate of drug-likeness (QED) is 0.370. The topological polar surface area (TPSA) is 74.3 Å². The molecule has 4 aromatic heterocycles. The van der Waals surface area contributed by atoms with E-state index in [1.54, 1.807) is 23.1 Å². The lowest BCUT2D eigenvalue weighted by molar-refractivity contribution is 0.473. The van der Waals surface area contributed by atoms with Crippen LogP contribution >= 0.6 is 0 Å². The molecule has 5 rings (SSSR count). The summed E-state index contributed by atoms with van der Waals surface area (Å²) in [5.74, 6) is 0.914. The number of benzene rings is 1. The summed E-state index contributed by atoms with van der Waals surface area (Å²) in [4.78, 5) is 13.9. The van der Waals surface area contributed by atoms with Gasteiger partial charge in [0.15, 0.2) is 11.5 Å². The zero-order chi connectivity index (χ0) is 22.9. The molecule has 4 heterocycles. The van der Waals surface area contributed by atoms with Crippen LogP contribution in [0.15, 0.2) is 61.1 Å². The summed E-state index contributed by atoms with van der Waals surface area (Å²) < 4.78 is 16.6. The van der Waals surface area contributed by atoms with Crippen LogP contribution in [0, 0.1) is 6.92 Å². The van der Waals surface area contributed by atoms with Gasteiger partial charge in [0.05, 0.1) is 35.2 Å². The van der Waals surface area contributed by atoms with Crippen molar-refractivity contribution in [1.29, 1.82) is 0 Å². The number of alkyl halides is 1. The van der Waals surface area contributed by atoms with Gasteiger partial charge in [-0.15, -0.1) is 0 Å². The number of fused-ring (bicyclic) bond motifs is 1. The summed E-state index contributed by atoms with van der Waals surface area (Å²) in [5.41, 5.74) is 5.99. The first kappa shape index (κ1) is 20.9. The van der Waals surface area contributed by atoms with Gasteiger partial charge >= 0.3 is 0 Å². The van der Waals surface area contributed by atoms with Crippen molar-refractivity contribution < 1.29 is 4.39 Å². The Morgan fingerprint density at radius 3 is 2.58 bits per heavy atom. The maximum absolute atomic E-state index is 12.9. The molecule has 0 aliphatic rings. The van der Waals surface area contributed by atoms with E-state index in [4.69, 9.17) is 4.98 Å². The maximum Gasteiger partial charge on any atom is 0.163 e. The fourth-order valence-corrected chi connectivity index (χ4v) is 3.96. The number of nitrogens with zero attached hydrogens (tertiary/aromatic N) is 7. The predicted molar refractivity (Wildman–Crippen MR) is 125 cm³/mol. The average Bonchev–Trinajstić information content (AvgIpc) is 3.42. The minimum absolute atomic E-state index is 0.267. The molecule has 0 amide bonds. The van der Waals surface area contributed by atoms with Gasteiger partial charge in [-0.3, -0.25) is 4.98 Å². The molecule has 0 saturated heterocycles. The van der Waals surface area contributed by atoms with Crippen LogP contribution in [0.2, 0.25) is 0 Å². The van der Waals surface area contributed by atoms with Crippen molar-refractivity contribution in [1.82, 2.24) is 34.5 Å². The number of rotatable bonds is 6. The molecule has 8 heteroatoms. The number of pyridine rings is 1. The second-order valence-corrected chi connectivity index (χ2v) is 8.35. The zero-order valence-electron chi connectivity index (χ0n) is 18.8. The molecule has 0 bridgehead atoms. The van der Waals surface area contributed by atoms with Crippen molar-refractivity contribution in [3.05, 3.63) is 83.7 Å². The van der Waals surface area contributed by atoms with Crippen LogP contribution in [0.5, 0.6) is 0 Å². The molecule has 33 heavy (non-hydrogen) atoms. The predicted octanol–water partition coefficient (Wildman–Crippen LogP) is 5.02. The third-order valence-electron chi connectivity index (χ3n) is 5.59. The minimum atomic E-state index is -0.570. The van der Waals surface area contributed by atoms with Gasteiger partial charge in [-0.1, -0.05) is 26.0 Å². The van der Waals surface area contributed by atoms with Crippen molar-refractivity contribution >= 4 is 11.0 Å². The molecule has 1 aromatic carbocycles. The maximum atomic E-state index is 12.9. The summed E-state index contributed by atoms with van der Waals surface area (Å²) in [7, 11) is 0. The first-order valence-corrected chi connectivity index (χ1v) is 10.9. The molecule has 0 unspecified atom stereocenters. The highest BCUT2D eigenvalue weighted by atomic mass is 19.1. The number of aromatic nitrogens is 7. The lowest BCUT2D eigenvalue weighted by Gasteiger charge is -2.10. The van der Waals surface area contributed by atoms with E-state index in [0.717, 1.165) is 39.2 Å². The third-order valence-corrected chi connectivity index (χ3v) is 5.59. The molecule has 7 nitrogen and oxygen atoms in total. The van der Waals surface area contributed by atoms with E-state index in [0.29, 0.717) is 18.1 Å². The van der Waals surface area contributed by atoms with E-state index in [1.165, 1.54) is 0 Å². The van der Waals surface area contributed by atoms with Crippen LogP contribution in [-0.2, 0) is 13.2 Å². The molecule has 0 spiro atoms. The molecule has 0 aliphatic heterocycles. The minimum Gasteiger partial charge on any atom is -0.260 e. The molecule has 0 atom stereocenters. The van der Waals surface area contributed by atoms with Gasteiger partial charge in [-0.25, -0.2) is 23.7 Å². The Morgan fingerprint density at radius 1 is 1.03 bits per heavy atom. The van der Waals surface area contributed by atoms with Crippen molar-refractivity contribution in [2.75, 3.05) is 0 Å². The van der Waals surface area contributed by atoms with Crippen LogP contribution in [0.1, 0.15) is 42.4 Å². The normalized spacial score (nSPS) is 11.5. The van der Waals surface area contributed by atoms with Crippen molar-refractivity contribution in [2.24, 2.45) is 0 Å². The van der Waals surface area contributed by atoms with Crippen LogP contribution in [0.4, 0.5) is 4.39 Å². The molecule has 0 radical (unpaired) electrons. The summed E-state index contributed by atoms with van der Waals surface area (Å²) in [6.45, 7) is 6.14. The molecule has 0 aliphatic carbocycles. The lowest BCUT2D eigenvalue weighted by Crippen LogP contribution is -2.05. The number of halogens is 1. The fraction of sp³-hybridized carbons (Fsp3) is 0.240. The van der Waals surface area contributed by atoms with Gasteiger partial charge in [0.1, 0.15) is 6.67 Å². The summed E-state index contributed by atoms with van der Waals surface area (Å²) in [6, 6.07) is 13.7. The van der Waals surface area contributed by atoms with Gasteiger partial charge in [-0.2, -0.15) is 10.2 Å². The summed E-state index contributed by atoms with van der Waals surface area (Å²) in [5, 5.41) is 9.72. The number of hydrogen-bond donors (Lipinski definition) is 0. The molecule has 0 fully saturated rings. The summed E-state index contributed by atoms with van der Waals surface area (Å²) >= 11 is 0. The molecular weight excluding hydrogens is 417 g/mol. The van der Waals surface area contributed by atoms with Gasteiger partial charge in [0.25, 0.3) is 0 Å². The van der Waals surface area contributed by atoms with Crippen molar-refractivity contribution in [2.45, 2.75) is 39.9 Å². The Bertz CT molecular complexity index is 1420. The van der Waals surface area contributed by atoms with Crippen LogP contribution < -0.4 is 0 Å². The van der Waals surface area contributed by atoms with Gasteiger partial charge in [0.2, 0.25) is 0 Å². The largest absolute Gasteiger partial charge is 0.260 e. The SMILES string of the molecule is Cc1cc(CF)nn1-c1ccc(Cn2ncc3cnc(-c4cccnc4C(C)C)nc32)cc1. The Hall–Kier alpha value is -3.94. The number of hydrogen-bond acceptors (Lipinski definition) is 5. The van der Waals surface area contributed by atoms with E-state index < -0.39 is 6.67 Å². The zero-order valence-corrected chi connectivity index (χ0v) is 18.8. The second kappa shape index (κ2) is 8.54. The smallest absolute Gasteiger partial charge is 0.163 e. The fourth-order valence-electron chi connectivity index (χ4n) is 3.96. The molecule has 0 N–H and O–H groups in total. The average molecular weight is 442 g/mol. The monoisotopic (exact) mass is 441 g/mol. The Morgan fingerprint density at radius 2 is 1.85 bits per heavy atom. The van der Waals surface area contributed by atoms with E-state index >= 15 is 0 Å². The van der Waals surface area contributed by atoms with Crippen molar-refractivity contribution in [3.63, 3.8) is 0 Å². The first-order chi connectivity index (χ1) is 16.0. The first-order valence-electron chi connectivity index (χ1n) is 10.9. The standard InChI is InChI=1S/C25H24FN7/c1-16(2)23-22(5-4-10-27-23)24-28-13-19-14-29-32(25(19)30-24)15-18-6-8-21(9-7-18)33-17(3)11-20(12-26)31-33/h4-11,13-14,16H,12,15H2,1-3H3. The van der Waals surface area contributed by atoms with E-state index in [2.05, 4.69) is 34.0 Å². The Kier molecular flexibility index (Phi) is 5.42. The van der Waals surface area contributed by atoms with Crippen LogP contribution in [0.3, 0.4) is 0 Å². The van der Waals surface area contributed by atoms with E-state index in [-0.39, 0.29) is 5.92 Å². The Balaban J connectivity index is 1.45. The van der Waals surface area contributed by atoms with Gasteiger partial charge in [0, 0.05) is 23.7 Å². The molecule has 5 aromatic rings. The van der Waals surface area contributed by atoms with Crippen molar-refractivity contribution in [3.8, 4) is 17.1 Å². The van der Waals surface area contributed by atoms with Crippen LogP contribution in [0.25, 0.3) is 28.1 Å². The third kappa shape index (κ3) is 4.00.